The molecule has 0 radical (unpaired) electrons. The second kappa shape index (κ2) is 3.63. The maximum atomic E-state index is 9.02. The van der Waals surface area contributed by atoms with E-state index in [-0.39, 0.29) is 6.61 Å². The fourth-order valence-corrected chi connectivity index (χ4v) is 1.35. The lowest BCUT2D eigenvalue weighted by atomic mass is 10.4. The first-order chi connectivity index (χ1) is 6.81. The van der Waals surface area contributed by atoms with Crippen molar-refractivity contribution in [3.8, 4) is 0 Å². The fourth-order valence-electron chi connectivity index (χ4n) is 1.35. The van der Waals surface area contributed by atoms with E-state index in [0.717, 1.165) is 11.4 Å². The van der Waals surface area contributed by atoms with Crippen molar-refractivity contribution < 1.29 is 5.11 Å². The number of hydrogen-bond donors (Lipinski definition) is 1. The lowest BCUT2D eigenvalue weighted by Crippen LogP contribution is -2.07. The van der Waals surface area contributed by atoms with Crippen molar-refractivity contribution in [1.82, 2.24) is 19.3 Å². The summed E-state index contributed by atoms with van der Waals surface area (Å²) in [5.74, 6) is 0. The number of imidazole rings is 1. The molecule has 74 valence electrons. The summed E-state index contributed by atoms with van der Waals surface area (Å²) in [6.07, 6.45) is 5.12. The van der Waals surface area contributed by atoms with Gasteiger partial charge in [0, 0.05) is 13.2 Å². The standard InChI is InChI=1S/C9H12N4O/c1-12-8(2-3-11-12)5-13-7-10-4-9(13)6-14/h2-4,7,14H,5-6H2,1H3. The molecule has 0 bridgehead atoms. The SMILES string of the molecule is Cn1nccc1Cn1cncc1CO. The van der Waals surface area contributed by atoms with Gasteiger partial charge in [0.05, 0.1) is 37.1 Å². The Kier molecular flexibility index (Phi) is 2.32. The number of nitrogens with zero attached hydrogens (tertiary/aromatic N) is 4. The zero-order valence-corrected chi connectivity index (χ0v) is 7.96. The molecule has 2 aromatic heterocycles. The van der Waals surface area contributed by atoms with Gasteiger partial charge in [-0.25, -0.2) is 4.98 Å². The zero-order chi connectivity index (χ0) is 9.97. The average molecular weight is 192 g/mol. The Morgan fingerprint density at radius 1 is 1.43 bits per heavy atom. The van der Waals surface area contributed by atoms with Crippen molar-refractivity contribution in [3.63, 3.8) is 0 Å². The third-order valence-corrected chi connectivity index (χ3v) is 2.22. The molecule has 0 spiro atoms. The van der Waals surface area contributed by atoms with Crippen molar-refractivity contribution in [2.45, 2.75) is 13.2 Å². The topological polar surface area (TPSA) is 55.9 Å². The molecule has 0 atom stereocenters. The summed E-state index contributed by atoms with van der Waals surface area (Å²) in [6.45, 7) is 0.699. The van der Waals surface area contributed by atoms with Crippen LogP contribution in [0.4, 0.5) is 0 Å². The van der Waals surface area contributed by atoms with E-state index in [1.165, 1.54) is 0 Å². The molecule has 0 saturated carbocycles. The number of hydrogen-bond acceptors (Lipinski definition) is 3. The van der Waals surface area contributed by atoms with Crippen molar-refractivity contribution in [3.05, 3.63) is 36.2 Å². The van der Waals surface area contributed by atoms with Crippen LogP contribution >= 0.6 is 0 Å². The predicted molar refractivity (Wildman–Crippen MR) is 50.5 cm³/mol. The fraction of sp³-hybridized carbons (Fsp3) is 0.333. The molecular formula is C9H12N4O. The molecule has 14 heavy (non-hydrogen) atoms. The van der Waals surface area contributed by atoms with Crippen LogP contribution in [0.25, 0.3) is 0 Å². The molecule has 0 aliphatic carbocycles. The highest BCUT2D eigenvalue weighted by molar-refractivity contribution is 5.05. The normalized spacial score (nSPS) is 10.7. The highest BCUT2D eigenvalue weighted by atomic mass is 16.3. The summed E-state index contributed by atoms with van der Waals surface area (Å²) >= 11 is 0. The van der Waals surface area contributed by atoms with Crippen LogP contribution in [0.5, 0.6) is 0 Å². The molecule has 1 N–H and O–H groups in total. The Morgan fingerprint density at radius 3 is 2.93 bits per heavy atom. The highest BCUT2D eigenvalue weighted by Gasteiger charge is 2.03. The van der Waals surface area contributed by atoms with Crippen LogP contribution in [0.3, 0.4) is 0 Å². The third kappa shape index (κ3) is 1.54. The second-order valence-electron chi connectivity index (χ2n) is 3.12. The quantitative estimate of drug-likeness (QED) is 0.753. The van der Waals surface area contributed by atoms with Gasteiger partial charge in [-0.3, -0.25) is 4.68 Å². The summed E-state index contributed by atoms with van der Waals surface area (Å²) < 4.78 is 3.71. The Hall–Kier alpha value is -1.62. The summed E-state index contributed by atoms with van der Waals surface area (Å²) in [7, 11) is 1.89. The molecule has 0 aliphatic rings. The second-order valence-corrected chi connectivity index (χ2v) is 3.12. The van der Waals surface area contributed by atoms with Gasteiger partial charge in [0.25, 0.3) is 0 Å². The van der Waals surface area contributed by atoms with E-state index in [1.54, 1.807) is 23.4 Å². The Bertz CT molecular complexity index is 418. The van der Waals surface area contributed by atoms with Gasteiger partial charge in [0.2, 0.25) is 0 Å². The van der Waals surface area contributed by atoms with Crippen LogP contribution in [0.2, 0.25) is 0 Å². The van der Waals surface area contributed by atoms with Gasteiger partial charge < -0.3 is 9.67 Å². The van der Waals surface area contributed by atoms with Crippen LogP contribution in [0.1, 0.15) is 11.4 Å². The van der Waals surface area contributed by atoms with Crippen LogP contribution in [-0.4, -0.2) is 24.4 Å². The molecule has 2 aromatic rings. The number of aryl methyl sites for hydroxylation is 1. The predicted octanol–water partition coefficient (Wildman–Crippen LogP) is 0.157. The maximum absolute atomic E-state index is 9.02. The largest absolute Gasteiger partial charge is 0.390 e. The van der Waals surface area contributed by atoms with E-state index >= 15 is 0 Å². The Balaban J connectivity index is 2.22. The van der Waals surface area contributed by atoms with Gasteiger partial charge in [-0.1, -0.05) is 0 Å². The minimum atomic E-state index is 0.0118. The van der Waals surface area contributed by atoms with Crippen LogP contribution in [0, 0.1) is 0 Å². The Morgan fingerprint density at radius 2 is 2.29 bits per heavy atom. The average Bonchev–Trinajstić information content (AvgIpc) is 2.77. The lowest BCUT2D eigenvalue weighted by molar-refractivity contribution is 0.271. The summed E-state index contributed by atoms with van der Waals surface area (Å²) in [4.78, 5) is 3.98. The molecule has 2 heterocycles. The molecule has 5 nitrogen and oxygen atoms in total. The molecule has 0 unspecified atom stereocenters. The van der Waals surface area contributed by atoms with E-state index in [4.69, 9.17) is 5.11 Å². The van der Waals surface area contributed by atoms with Gasteiger partial charge in [0.15, 0.2) is 0 Å². The molecule has 0 fully saturated rings. The highest BCUT2D eigenvalue weighted by Crippen LogP contribution is 2.04. The van der Waals surface area contributed by atoms with Gasteiger partial charge in [-0.2, -0.15) is 5.10 Å². The molecule has 5 heteroatoms. The van der Waals surface area contributed by atoms with E-state index in [0.29, 0.717) is 6.54 Å². The van der Waals surface area contributed by atoms with Crippen molar-refractivity contribution >= 4 is 0 Å². The summed E-state index contributed by atoms with van der Waals surface area (Å²) in [5.41, 5.74) is 1.89. The smallest absolute Gasteiger partial charge is 0.0952 e. The van der Waals surface area contributed by atoms with E-state index in [1.807, 2.05) is 17.7 Å². The molecule has 0 aromatic carbocycles. The Labute approximate surface area is 81.6 Å². The first kappa shape index (κ1) is 8.96. The minimum Gasteiger partial charge on any atom is -0.390 e. The van der Waals surface area contributed by atoms with Crippen molar-refractivity contribution in [2.75, 3.05) is 0 Å². The number of rotatable bonds is 3. The minimum absolute atomic E-state index is 0.0118. The summed E-state index contributed by atoms with van der Waals surface area (Å²) in [5, 5.41) is 13.1. The molecule has 0 saturated heterocycles. The number of aliphatic hydroxyl groups excluding tert-OH is 1. The van der Waals surface area contributed by atoms with Crippen LogP contribution < -0.4 is 0 Å². The van der Waals surface area contributed by atoms with E-state index in [2.05, 4.69) is 10.1 Å². The summed E-state index contributed by atoms with van der Waals surface area (Å²) in [6, 6.07) is 1.95. The van der Waals surface area contributed by atoms with Gasteiger partial charge in [-0.15, -0.1) is 0 Å². The van der Waals surface area contributed by atoms with Crippen LogP contribution in [-0.2, 0) is 20.2 Å². The monoisotopic (exact) mass is 192 g/mol. The van der Waals surface area contributed by atoms with Gasteiger partial charge >= 0.3 is 0 Å². The van der Waals surface area contributed by atoms with Crippen LogP contribution in [0.15, 0.2) is 24.8 Å². The third-order valence-electron chi connectivity index (χ3n) is 2.22. The maximum Gasteiger partial charge on any atom is 0.0952 e. The zero-order valence-electron chi connectivity index (χ0n) is 7.96. The number of aromatic nitrogens is 4. The van der Waals surface area contributed by atoms with E-state index in [9.17, 15) is 0 Å². The van der Waals surface area contributed by atoms with Crippen molar-refractivity contribution in [2.24, 2.45) is 7.05 Å². The van der Waals surface area contributed by atoms with Crippen molar-refractivity contribution in [1.29, 1.82) is 0 Å². The number of aliphatic hydroxyl groups is 1. The first-order valence-corrected chi connectivity index (χ1v) is 4.38. The molecule has 0 aliphatic heterocycles. The first-order valence-electron chi connectivity index (χ1n) is 4.38. The van der Waals surface area contributed by atoms with Gasteiger partial charge in [-0.05, 0) is 6.07 Å². The molecule has 0 amide bonds. The van der Waals surface area contributed by atoms with Gasteiger partial charge in [0.1, 0.15) is 0 Å². The molecular weight excluding hydrogens is 180 g/mol. The van der Waals surface area contributed by atoms with E-state index < -0.39 is 0 Å². The lowest BCUT2D eigenvalue weighted by Gasteiger charge is -2.05. The molecule has 2 rings (SSSR count).